The molecule has 0 aliphatic rings. The van der Waals surface area contributed by atoms with Crippen molar-refractivity contribution in [3.63, 3.8) is 0 Å². The Labute approximate surface area is 117 Å². The maximum Gasteiger partial charge on any atom is 0.336 e. The molecule has 19 heavy (non-hydrogen) atoms. The number of aliphatic hydroxyl groups is 2. The Bertz CT molecular complexity index is 517. The fourth-order valence-corrected chi connectivity index (χ4v) is 1.92. The van der Waals surface area contributed by atoms with Crippen molar-refractivity contribution >= 4 is 21.9 Å². The molecule has 0 bridgehead atoms. The number of carboxylic acid groups (broad SMARTS) is 1. The van der Waals surface area contributed by atoms with Crippen LogP contribution >= 0.6 is 15.9 Å². The Hall–Kier alpha value is -1.60. The lowest BCUT2D eigenvalue weighted by molar-refractivity contribution is 0.0149. The number of benzene rings is 1. The molecule has 0 radical (unpaired) electrons. The molecule has 0 aromatic heterocycles. The number of hydrogen-bond donors (Lipinski definition) is 3. The first-order chi connectivity index (χ1) is 8.97. The van der Waals surface area contributed by atoms with E-state index in [4.69, 9.17) is 10.6 Å². The molecule has 7 nitrogen and oxygen atoms in total. The molecule has 8 heteroatoms. The monoisotopic (exact) mass is 329 g/mol. The number of rotatable bonds is 6. The number of carboxylic acids is 1. The molecule has 0 aliphatic carbocycles. The van der Waals surface area contributed by atoms with Crippen molar-refractivity contribution in [3.8, 4) is 0 Å². The number of nitrogens with zero attached hydrogens (tertiary/aromatic N) is 3. The predicted octanol–water partition coefficient (Wildman–Crippen LogP) is 2.24. The van der Waals surface area contributed by atoms with Crippen molar-refractivity contribution in [1.82, 2.24) is 0 Å². The van der Waals surface area contributed by atoms with Crippen LogP contribution in [0.3, 0.4) is 0 Å². The number of halogens is 1. The van der Waals surface area contributed by atoms with E-state index in [1.165, 1.54) is 18.2 Å². The van der Waals surface area contributed by atoms with Crippen molar-refractivity contribution in [1.29, 1.82) is 0 Å². The van der Waals surface area contributed by atoms with Crippen LogP contribution in [0.15, 0.2) is 27.8 Å². The van der Waals surface area contributed by atoms with E-state index >= 15 is 0 Å². The average Bonchev–Trinajstić information content (AvgIpc) is 2.38. The van der Waals surface area contributed by atoms with Gasteiger partial charge in [0.15, 0.2) is 0 Å². The molecule has 0 heterocycles. The van der Waals surface area contributed by atoms with Gasteiger partial charge in [-0.25, -0.2) is 4.79 Å². The third-order valence-corrected chi connectivity index (χ3v) is 3.21. The van der Waals surface area contributed by atoms with Crippen LogP contribution in [0.4, 0.5) is 0 Å². The molecule has 1 aromatic rings. The average molecular weight is 330 g/mol. The fraction of sp³-hybridized carbons (Fsp3) is 0.364. The van der Waals surface area contributed by atoms with Gasteiger partial charge in [-0.1, -0.05) is 11.2 Å². The van der Waals surface area contributed by atoms with Gasteiger partial charge in [-0.2, -0.15) is 0 Å². The van der Waals surface area contributed by atoms with Crippen LogP contribution in [0.25, 0.3) is 10.4 Å². The molecule has 2 unspecified atom stereocenters. The quantitative estimate of drug-likeness (QED) is 0.420. The van der Waals surface area contributed by atoms with E-state index in [0.717, 1.165) is 0 Å². The number of aromatic carboxylic acids is 1. The van der Waals surface area contributed by atoms with Crippen molar-refractivity contribution in [2.45, 2.75) is 18.6 Å². The van der Waals surface area contributed by atoms with Crippen LogP contribution in [0, 0.1) is 0 Å². The standard InChI is InChI=1S/C11H12BrN3O4/c12-8-2-1-6(5-7(8)11(18)19)10(17)9(16)3-4-14-15-13/h1-2,5,9-10,16-17H,3-4H2,(H,18,19). The van der Waals surface area contributed by atoms with E-state index in [-0.39, 0.29) is 24.1 Å². The van der Waals surface area contributed by atoms with Gasteiger partial charge in [0.25, 0.3) is 0 Å². The Balaban J connectivity index is 2.87. The van der Waals surface area contributed by atoms with Gasteiger partial charge in [0.1, 0.15) is 6.10 Å². The summed E-state index contributed by atoms with van der Waals surface area (Å²) in [5, 5.41) is 31.8. The molecule has 1 rings (SSSR count). The SMILES string of the molecule is [N-]=[N+]=NCCC(O)C(O)c1ccc(Br)c(C(=O)O)c1. The number of carbonyl (C=O) groups is 1. The second-order valence-corrected chi connectivity index (χ2v) is 4.65. The van der Waals surface area contributed by atoms with Crippen LogP contribution < -0.4 is 0 Å². The van der Waals surface area contributed by atoms with Crippen molar-refractivity contribution in [2.75, 3.05) is 6.54 Å². The zero-order valence-electron chi connectivity index (χ0n) is 9.77. The van der Waals surface area contributed by atoms with Crippen LogP contribution in [0.5, 0.6) is 0 Å². The molecule has 2 atom stereocenters. The minimum absolute atomic E-state index is 0.00112. The number of aliphatic hydroxyl groups excluding tert-OH is 2. The van der Waals surface area contributed by atoms with E-state index < -0.39 is 18.2 Å². The van der Waals surface area contributed by atoms with Crippen LogP contribution in [0.1, 0.15) is 28.4 Å². The summed E-state index contributed by atoms with van der Waals surface area (Å²) in [5.41, 5.74) is 8.39. The lowest BCUT2D eigenvalue weighted by Gasteiger charge is -2.18. The number of hydrogen-bond acceptors (Lipinski definition) is 4. The van der Waals surface area contributed by atoms with E-state index in [9.17, 15) is 15.0 Å². The van der Waals surface area contributed by atoms with Gasteiger partial charge in [-0.15, -0.1) is 0 Å². The van der Waals surface area contributed by atoms with Crippen LogP contribution in [-0.4, -0.2) is 33.9 Å². The van der Waals surface area contributed by atoms with Crippen LogP contribution in [-0.2, 0) is 0 Å². The highest BCUT2D eigenvalue weighted by Gasteiger charge is 2.20. The van der Waals surface area contributed by atoms with Gasteiger partial charge in [0.2, 0.25) is 0 Å². The van der Waals surface area contributed by atoms with Crippen molar-refractivity contribution < 1.29 is 20.1 Å². The van der Waals surface area contributed by atoms with Gasteiger partial charge < -0.3 is 15.3 Å². The first-order valence-electron chi connectivity index (χ1n) is 5.37. The third kappa shape index (κ3) is 4.22. The molecule has 0 spiro atoms. The summed E-state index contributed by atoms with van der Waals surface area (Å²) in [6, 6.07) is 4.29. The minimum atomic E-state index is -1.24. The van der Waals surface area contributed by atoms with Gasteiger partial charge >= 0.3 is 5.97 Å². The van der Waals surface area contributed by atoms with E-state index in [2.05, 4.69) is 26.0 Å². The van der Waals surface area contributed by atoms with Gasteiger partial charge in [-0.3, -0.25) is 0 Å². The maximum absolute atomic E-state index is 10.9. The molecule has 0 saturated heterocycles. The summed E-state index contributed by atoms with van der Waals surface area (Å²) in [6.07, 6.45) is -2.28. The highest BCUT2D eigenvalue weighted by atomic mass is 79.9. The molecule has 0 aliphatic heterocycles. The maximum atomic E-state index is 10.9. The van der Waals surface area contributed by atoms with E-state index in [1.54, 1.807) is 0 Å². The molecule has 3 N–H and O–H groups in total. The number of azide groups is 1. The lowest BCUT2D eigenvalue weighted by Crippen LogP contribution is -2.19. The summed E-state index contributed by atoms with van der Waals surface area (Å²) in [7, 11) is 0. The lowest BCUT2D eigenvalue weighted by atomic mass is 10.0. The largest absolute Gasteiger partial charge is 0.478 e. The predicted molar refractivity (Wildman–Crippen MR) is 70.7 cm³/mol. The zero-order valence-corrected chi connectivity index (χ0v) is 11.4. The van der Waals surface area contributed by atoms with Gasteiger partial charge in [0, 0.05) is 15.9 Å². The van der Waals surface area contributed by atoms with Crippen molar-refractivity contribution in [3.05, 3.63) is 44.2 Å². The minimum Gasteiger partial charge on any atom is -0.478 e. The summed E-state index contributed by atoms with van der Waals surface area (Å²) in [6.45, 7) is 0.0526. The molecule has 0 fully saturated rings. The summed E-state index contributed by atoms with van der Waals surface area (Å²) >= 11 is 3.09. The summed E-state index contributed by atoms with van der Waals surface area (Å²) in [5.74, 6) is -1.13. The summed E-state index contributed by atoms with van der Waals surface area (Å²) < 4.78 is 0.388. The Kier molecular flexibility index (Phi) is 5.78. The fourth-order valence-electron chi connectivity index (χ4n) is 1.51. The molecule has 1 aromatic carbocycles. The Morgan fingerprint density at radius 1 is 1.47 bits per heavy atom. The van der Waals surface area contributed by atoms with Crippen LogP contribution in [0.2, 0.25) is 0 Å². The normalized spacial score (nSPS) is 13.4. The van der Waals surface area contributed by atoms with E-state index in [1.807, 2.05) is 0 Å². The summed E-state index contributed by atoms with van der Waals surface area (Å²) in [4.78, 5) is 13.5. The molecule has 0 saturated carbocycles. The zero-order chi connectivity index (χ0) is 14.4. The second kappa shape index (κ2) is 7.10. The third-order valence-electron chi connectivity index (χ3n) is 2.51. The highest BCUT2D eigenvalue weighted by Crippen LogP contribution is 2.25. The Morgan fingerprint density at radius 2 is 2.16 bits per heavy atom. The molecule has 0 amide bonds. The first kappa shape index (κ1) is 15.5. The topological polar surface area (TPSA) is 127 Å². The van der Waals surface area contributed by atoms with Crippen molar-refractivity contribution in [2.24, 2.45) is 5.11 Å². The van der Waals surface area contributed by atoms with Gasteiger partial charge in [0.05, 0.1) is 11.7 Å². The second-order valence-electron chi connectivity index (χ2n) is 3.80. The molecular formula is C11H12BrN3O4. The Morgan fingerprint density at radius 3 is 2.74 bits per heavy atom. The van der Waals surface area contributed by atoms with E-state index in [0.29, 0.717) is 4.47 Å². The highest BCUT2D eigenvalue weighted by molar-refractivity contribution is 9.10. The molecule has 102 valence electrons. The first-order valence-corrected chi connectivity index (χ1v) is 6.16. The van der Waals surface area contributed by atoms with Gasteiger partial charge in [-0.05, 0) is 45.6 Å². The molecular weight excluding hydrogens is 318 g/mol. The smallest absolute Gasteiger partial charge is 0.336 e.